The first kappa shape index (κ1) is 30.9. The highest BCUT2D eigenvalue weighted by atomic mass is 35.5. The summed E-state index contributed by atoms with van der Waals surface area (Å²) in [5, 5.41) is 0. The molecule has 0 radical (unpaired) electrons. The molecule has 7 heteroatoms. The maximum atomic E-state index is 14.1. The van der Waals surface area contributed by atoms with E-state index in [2.05, 4.69) is 73.1 Å². The highest BCUT2D eigenvalue weighted by Crippen LogP contribution is 2.54. The van der Waals surface area contributed by atoms with E-state index >= 15 is 0 Å². The predicted octanol–water partition coefficient (Wildman–Crippen LogP) is 7.81. The molecule has 0 spiro atoms. The van der Waals surface area contributed by atoms with Crippen LogP contribution in [0.2, 0.25) is 0 Å². The van der Waals surface area contributed by atoms with Crippen LogP contribution in [-0.4, -0.2) is 43.2 Å². The second-order valence-electron chi connectivity index (χ2n) is 9.62. The maximum absolute atomic E-state index is 14.1. The van der Waals surface area contributed by atoms with Gasteiger partial charge in [0.2, 0.25) is 0 Å². The van der Waals surface area contributed by atoms with Crippen LogP contribution in [-0.2, 0) is 19.9 Å². The number of nitrogens with zero attached hydrogens (tertiary/aromatic N) is 1. The molecule has 0 amide bonds. The molecule has 0 bridgehead atoms. The lowest BCUT2D eigenvalue weighted by Crippen LogP contribution is -2.49. The third kappa shape index (κ3) is 6.74. The molecule has 1 fully saturated rings. The van der Waals surface area contributed by atoms with Gasteiger partial charge in [0.05, 0.1) is 13.2 Å². The van der Waals surface area contributed by atoms with Crippen molar-refractivity contribution in [3.63, 3.8) is 0 Å². The topological polar surface area (TPSA) is 38.8 Å². The smallest absolute Gasteiger partial charge is 0.343 e. The molecule has 0 N–H and O–H groups in total. The Labute approximate surface area is 243 Å². The van der Waals surface area contributed by atoms with Crippen LogP contribution in [0.25, 0.3) is 0 Å². The van der Waals surface area contributed by atoms with Crippen molar-refractivity contribution in [3.8, 4) is 11.8 Å². The summed E-state index contributed by atoms with van der Waals surface area (Å²) in [6.45, 7) is 11.1. The number of carbonyl (C=O) groups is 1. The van der Waals surface area contributed by atoms with Gasteiger partial charge in [-0.2, -0.15) is 0 Å². The molecule has 2 aromatic carbocycles. The van der Waals surface area contributed by atoms with Crippen molar-refractivity contribution >= 4 is 41.9 Å². The van der Waals surface area contributed by atoms with Gasteiger partial charge in [-0.25, -0.2) is 4.79 Å². The SMILES string of the molecule is CCOC(=O)C(OC(C)C#CCN(CC)CC)(c1cccc2c1Sc1ccccc1S2)C1CCCCC1.Cl. The summed E-state index contributed by atoms with van der Waals surface area (Å²) in [6.07, 6.45) is 4.85. The molecular weight excluding hydrogens is 534 g/mol. The second-order valence-corrected chi connectivity index (χ2v) is 11.8. The van der Waals surface area contributed by atoms with Crippen molar-refractivity contribution in [1.82, 2.24) is 4.90 Å². The molecule has 38 heavy (non-hydrogen) atoms. The van der Waals surface area contributed by atoms with E-state index in [-0.39, 0.29) is 24.3 Å². The summed E-state index contributed by atoms with van der Waals surface area (Å²) in [7, 11) is 0. The molecule has 1 aliphatic heterocycles. The summed E-state index contributed by atoms with van der Waals surface area (Å²) in [5.41, 5.74) is -0.259. The second kappa shape index (κ2) is 14.7. The lowest BCUT2D eigenvalue weighted by atomic mass is 9.73. The Bertz CT molecular complexity index is 1140. The highest BCUT2D eigenvalue weighted by Gasteiger charge is 2.52. The first-order chi connectivity index (χ1) is 18.0. The van der Waals surface area contributed by atoms with Crippen LogP contribution < -0.4 is 0 Å². The van der Waals surface area contributed by atoms with E-state index < -0.39 is 11.7 Å². The van der Waals surface area contributed by atoms with E-state index in [0.717, 1.165) is 54.1 Å². The van der Waals surface area contributed by atoms with Crippen LogP contribution in [0.15, 0.2) is 62.0 Å². The van der Waals surface area contributed by atoms with Gasteiger partial charge in [0.15, 0.2) is 5.60 Å². The molecule has 1 saturated carbocycles. The van der Waals surface area contributed by atoms with E-state index in [1.807, 2.05) is 13.8 Å². The van der Waals surface area contributed by atoms with E-state index in [4.69, 9.17) is 9.47 Å². The Morgan fingerprint density at radius 1 is 1.00 bits per heavy atom. The number of fused-ring (bicyclic) bond motifs is 2. The number of hydrogen-bond donors (Lipinski definition) is 0. The Kier molecular flexibility index (Phi) is 11.9. The molecule has 0 saturated heterocycles. The zero-order valence-corrected chi connectivity index (χ0v) is 25.4. The average molecular weight is 574 g/mol. The Hall–Kier alpha value is -1.62. The zero-order valence-electron chi connectivity index (χ0n) is 23.0. The Balaban J connectivity index is 0.00000400. The molecule has 2 aliphatic rings. The Morgan fingerprint density at radius 2 is 1.66 bits per heavy atom. The fourth-order valence-corrected chi connectivity index (χ4v) is 7.78. The van der Waals surface area contributed by atoms with Crippen LogP contribution in [0.3, 0.4) is 0 Å². The van der Waals surface area contributed by atoms with Gasteiger partial charge in [0, 0.05) is 31.1 Å². The minimum Gasteiger partial charge on any atom is -0.464 e. The number of rotatable bonds is 9. The molecule has 2 aromatic rings. The molecule has 1 heterocycles. The fraction of sp³-hybridized carbons (Fsp3) is 0.516. The summed E-state index contributed by atoms with van der Waals surface area (Å²) in [4.78, 5) is 21.1. The average Bonchev–Trinajstić information content (AvgIpc) is 2.93. The summed E-state index contributed by atoms with van der Waals surface area (Å²) < 4.78 is 12.7. The number of esters is 1. The van der Waals surface area contributed by atoms with Gasteiger partial charge in [-0.15, -0.1) is 12.4 Å². The standard InChI is InChI=1S/C31H39NO3S2.ClH/c1-5-32(6-2)22-14-15-23(4)35-31(30(33)34-7-3,24-16-9-8-10-17-24)25-18-13-21-28-29(25)37-27-20-12-11-19-26(27)36-28;/h11-13,18-21,23-24H,5-10,16-17,22H2,1-4H3;1H. The van der Waals surface area contributed by atoms with Crippen LogP contribution in [0.4, 0.5) is 0 Å². The van der Waals surface area contributed by atoms with Crippen molar-refractivity contribution in [2.75, 3.05) is 26.2 Å². The normalized spacial score (nSPS) is 17.2. The van der Waals surface area contributed by atoms with Crippen LogP contribution in [0.1, 0.15) is 65.4 Å². The summed E-state index contributed by atoms with van der Waals surface area (Å²) in [5.74, 6) is 6.37. The van der Waals surface area contributed by atoms with Crippen LogP contribution in [0, 0.1) is 17.8 Å². The van der Waals surface area contributed by atoms with Crippen molar-refractivity contribution < 1.29 is 14.3 Å². The zero-order chi connectivity index (χ0) is 26.3. The molecule has 4 rings (SSSR count). The van der Waals surface area contributed by atoms with E-state index in [1.165, 1.54) is 16.2 Å². The van der Waals surface area contributed by atoms with Gasteiger partial charge < -0.3 is 9.47 Å². The monoisotopic (exact) mass is 573 g/mol. The lowest BCUT2D eigenvalue weighted by molar-refractivity contribution is -0.191. The minimum atomic E-state index is -1.19. The molecule has 4 nitrogen and oxygen atoms in total. The quantitative estimate of drug-likeness (QED) is 0.192. The first-order valence-electron chi connectivity index (χ1n) is 13.7. The summed E-state index contributed by atoms with van der Waals surface area (Å²) in [6, 6.07) is 14.8. The third-order valence-electron chi connectivity index (χ3n) is 7.28. The number of benzene rings is 2. The predicted molar refractivity (Wildman–Crippen MR) is 159 cm³/mol. The van der Waals surface area contributed by atoms with Crippen LogP contribution in [0.5, 0.6) is 0 Å². The number of halogens is 1. The largest absolute Gasteiger partial charge is 0.464 e. The van der Waals surface area contributed by atoms with Gasteiger partial charge in [-0.1, -0.05) is 92.7 Å². The van der Waals surface area contributed by atoms with Gasteiger partial charge in [0.1, 0.15) is 6.10 Å². The van der Waals surface area contributed by atoms with Gasteiger partial charge in [-0.3, -0.25) is 4.90 Å². The van der Waals surface area contributed by atoms with E-state index in [0.29, 0.717) is 13.2 Å². The van der Waals surface area contributed by atoms with Crippen LogP contribution >= 0.6 is 35.9 Å². The highest BCUT2D eigenvalue weighted by molar-refractivity contribution is 8.05. The lowest BCUT2D eigenvalue weighted by Gasteiger charge is -2.42. The minimum absolute atomic E-state index is 0. The molecule has 1 aliphatic carbocycles. The number of carbonyl (C=O) groups excluding carboxylic acids is 1. The first-order valence-corrected chi connectivity index (χ1v) is 15.3. The maximum Gasteiger partial charge on any atom is 0.343 e. The molecular formula is C31H40ClNO3S2. The molecule has 2 atom stereocenters. The van der Waals surface area contributed by atoms with Gasteiger partial charge in [0.25, 0.3) is 0 Å². The molecule has 206 valence electrons. The number of ether oxygens (including phenoxy) is 2. The van der Waals surface area contributed by atoms with Crippen molar-refractivity contribution in [2.45, 2.75) is 91.1 Å². The third-order valence-corrected chi connectivity index (χ3v) is 9.90. The van der Waals surface area contributed by atoms with Crippen molar-refractivity contribution in [3.05, 3.63) is 48.0 Å². The Morgan fingerprint density at radius 3 is 2.32 bits per heavy atom. The molecule has 2 unspecified atom stereocenters. The van der Waals surface area contributed by atoms with Crippen molar-refractivity contribution in [2.24, 2.45) is 5.92 Å². The number of hydrogen-bond acceptors (Lipinski definition) is 6. The van der Waals surface area contributed by atoms with E-state index in [9.17, 15) is 4.79 Å². The molecule has 0 aromatic heterocycles. The van der Waals surface area contributed by atoms with Gasteiger partial charge in [-0.05, 0) is 58.0 Å². The van der Waals surface area contributed by atoms with Crippen molar-refractivity contribution in [1.29, 1.82) is 0 Å². The van der Waals surface area contributed by atoms with Gasteiger partial charge >= 0.3 is 5.97 Å². The summed E-state index contributed by atoms with van der Waals surface area (Å²) >= 11 is 3.50. The fourth-order valence-electron chi connectivity index (χ4n) is 5.35. The van der Waals surface area contributed by atoms with E-state index in [1.54, 1.807) is 23.5 Å².